The first-order valence-corrected chi connectivity index (χ1v) is 5.60. The minimum atomic E-state index is -0.0196. The summed E-state index contributed by atoms with van der Waals surface area (Å²) in [4.78, 5) is 13.3. The maximum atomic E-state index is 11.5. The maximum Gasteiger partial charge on any atom is 0.239 e. The van der Waals surface area contributed by atoms with Crippen LogP contribution in [0.15, 0.2) is 5.16 Å². The third-order valence-electron chi connectivity index (χ3n) is 2.81. The van der Waals surface area contributed by atoms with E-state index in [9.17, 15) is 4.79 Å². The zero-order valence-corrected chi connectivity index (χ0v) is 9.65. The van der Waals surface area contributed by atoms with E-state index in [1.165, 1.54) is 0 Å². The van der Waals surface area contributed by atoms with Crippen LogP contribution in [-0.2, 0) is 4.79 Å². The van der Waals surface area contributed by atoms with E-state index in [0.29, 0.717) is 6.42 Å². The molecular weight excluding hydrogens is 208 g/mol. The van der Waals surface area contributed by atoms with E-state index in [-0.39, 0.29) is 17.8 Å². The summed E-state index contributed by atoms with van der Waals surface area (Å²) in [5, 5.41) is 14.4. The molecule has 0 saturated carbocycles. The maximum absolute atomic E-state index is 11.5. The van der Waals surface area contributed by atoms with E-state index < -0.39 is 0 Å². The predicted octanol–water partition coefficient (Wildman–Crippen LogP) is -0.277. The molecule has 6 heteroatoms. The van der Waals surface area contributed by atoms with Gasteiger partial charge in [0.25, 0.3) is 0 Å². The van der Waals surface area contributed by atoms with Crippen molar-refractivity contribution < 1.29 is 10.0 Å². The van der Waals surface area contributed by atoms with Crippen LogP contribution in [0.5, 0.6) is 0 Å². The van der Waals surface area contributed by atoms with Crippen LogP contribution in [-0.4, -0.2) is 48.0 Å². The van der Waals surface area contributed by atoms with Crippen LogP contribution in [0.2, 0.25) is 0 Å². The number of oxime groups is 1. The predicted molar refractivity (Wildman–Crippen MR) is 61.3 cm³/mol. The van der Waals surface area contributed by atoms with E-state index in [2.05, 4.69) is 10.5 Å². The Kier molecular flexibility index (Phi) is 5.04. The third kappa shape index (κ3) is 3.69. The SMILES string of the molecule is CN1CCC(NCCCCC(N)=NO)C1=O. The first-order valence-electron chi connectivity index (χ1n) is 5.60. The molecule has 0 aliphatic carbocycles. The number of amides is 1. The Morgan fingerprint density at radius 3 is 3.00 bits per heavy atom. The van der Waals surface area contributed by atoms with Gasteiger partial charge in [0, 0.05) is 20.0 Å². The number of rotatable bonds is 6. The Balaban J connectivity index is 2.06. The number of nitrogens with one attached hydrogen (secondary N) is 1. The number of unbranched alkanes of at least 4 members (excludes halogenated alkanes) is 1. The summed E-state index contributed by atoms with van der Waals surface area (Å²) >= 11 is 0. The van der Waals surface area contributed by atoms with Crippen molar-refractivity contribution >= 4 is 11.7 Å². The van der Waals surface area contributed by atoms with Gasteiger partial charge in [0.2, 0.25) is 5.91 Å². The second-order valence-electron chi connectivity index (χ2n) is 4.10. The molecule has 1 atom stereocenters. The fraction of sp³-hybridized carbons (Fsp3) is 0.800. The lowest BCUT2D eigenvalue weighted by atomic mass is 10.2. The van der Waals surface area contributed by atoms with E-state index in [1.54, 1.807) is 4.90 Å². The van der Waals surface area contributed by atoms with Gasteiger partial charge < -0.3 is 21.2 Å². The van der Waals surface area contributed by atoms with Crippen LogP contribution in [0.25, 0.3) is 0 Å². The highest BCUT2D eigenvalue weighted by molar-refractivity contribution is 5.83. The van der Waals surface area contributed by atoms with Gasteiger partial charge in [-0.15, -0.1) is 0 Å². The number of nitrogens with zero attached hydrogens (tertiary/aromatic N) is 2. The van der Waals surface area contributed by atoms with Gasteiger partial charge in [-0.2, -0.15) is 0 Å². The van der Waals surface area contributed by atoms with Crippen LogP contribution in [0, 0.1) is 0 Å². The minimum Gasteiger partial charge on any atom is -0.409 e. The Hall–Kier alpha value is -1.30. The topological polar surface area (TPSA) is 90.9 Å². The fourth-order valence-corrected chi connectivity index (χ4v) is 1.77. The van der Waals surface area contributed by atoms with Gasteiger partial charge in [-0.3, -0.25) is 4.79 Å². The average molecular weight is 228 g/mol. The van der Waals surface area contributed by atoms with Gasteiger partial charge >= 0.3 is 0 Å². The monoisotopic (exact) mass is 228 g/mol. The van der Waals surface area contributed by atoms with Crippen molar-refractivity contribution in [1.29, 1.82) is 0 Å². The number of amidine groups is 1. The van der Waals surface area contributed by atoms with E-state index in [0.717, 1.165) is 32.4 Å². The number of carbonyl (C=O) groups is 1. The van der Waals surface area contributed by atoms with Gasteiger partial charge in [-0.05, 0) is 25.8 Å². The van der Waals surface area contributed by atoms with Crippen LogP contribution in [0.3, 0.4) is 0 Å². The quantitative estimate of drug-likeness (QED) is 0.192. The summed E-state index contributed by atoms with van der Waals surface area (Å²) in [6.07, 6.45) is 3.26. The molecule has 1 saturated heterocycles. The summed E-state index contributed by atoms with van der Waals surface area (Å²) in [5.74, 6) is 0.438. The minimum absolute atomic E-state index is 0.0196. The molecule has 0 spiro atoms. The molecule has 1 unspecified atom stereocenters. The second-order valence-corrected chi connectivity index (χ2v) is 4.10. The van der Waals surface area contributed by atoms with E-state index >= 15 is 0 Å². The molecule has 0 radical (unpaired) electrons. The molecule has 1 amide bonds. The molecule has 0 aromatic carbocycles. The highest BCUT2D eigenvalue weighted by Crippen LogP contribution is 2.08. The Morgan fingerprint density at radius 2 is 2.44 bits per heavy atom. The summed E-state index contributed by atoms with van der Waals surface area (Å²) < 4.78 is 0. The van der Waals surface area contributed by atoms with E-state index in [1.807, 2.05) is 7.05 Å². The lowest BCUT2D eigenvalue weighted by molar-refractivity contribution is -0.128. The molecule has 6 nitrogen and oxygen atoms in total. The lowest BCUT2D eigenvalue weighted by Crippen LogP contribution is -2.37. The normalized spacial score (nSPS) is 21.8. The van der Waals surface area contributed by atoms with Gasteiger partial charge in [-0.25, -0.2) is 0 Å². The highest BCUT2D eigenvalue weighted by atomic mass is 16.4. The van der Waals surface area contributed by atoms with Gasteiger partial charge in [0.05, 0.1) is 6.04 Å². The molecular formula is C10H20N4O2. The van der Waals surface area contributed by atoms with Gasteiger partial charge in [0.1, 0.15) is 5.84 Å². The number of likely N-dealkylation sites (tertiary alicyclic amines) is 1. The molecule has 1 rings (SSSR count). The Bertz CT molecular complexity index is 268. The van der Waals surface area contributed by atoms with Crippen molar-refractivity contribution in [2.45, 2.75) is 31.7 Å². The summed E-state index contributed by atoms with van der Waals surface area (Å²) in [5.41, 5.74) is 5.34. The van der Waals surface area contributed by atoms with Crippen LogP contribution < -0.4 is 11.1 Å². The number of nitrogens with two attached hydrogens (primary N) is 1. The number of hydrogen-bond donors (Lipinski definition) is 3. The molecule has 1 aliphatic heterocycles. The average Bonchev–Trinajstić information content (AvgIpc) is 2.60. The zero-order valence-electron chi connectivity index (χ0n) is 9.65. The molecule has 4 N–H and O–H groups in total. The molecule has 0 bridgehead atoms. The zero-order chi connectivity index (χ0) is 12.0. The van der Waals surface area contributed by atoms with Gasteiger partial charge in [-0.1, -0.05) is 5.16 Å². The van der Waals surface area contributed by atoms with Crippen molar-refractivity contribution in [2.75, 3.05) is 20.1 Å². The second kappa shape index (κ2) is 6.32. The lowest BCUT2D eigenvalue weighted by Gasteiger charge is -2.11. The van der Waals surface area contributed by atoms with Crippen molar-refractivity contribution in [3.05, 3.63) is 0 Å². The molecule has 1 heterocycles. The molecule has 0 aromatic heterocycles. The van der Waals surface area contributed by atoms with E-state index in [4.69, 9.17) is 10.9 Å². The van der Waals surface area contributed by atoms with Crippen LogP contribution in [0.1, 0.15) is 25.7 Å². The molecule has 0 aromatic rings. The third-order valence-corrected chi connectivity index (χ3v) is 2.81. The first-order chi connectivity index (χ1) is 7.65. The smallest absolute Gasteiger partial charge is 0.239 e. The number of likely N-dealkylation sites (N-methyl/N-ethyl adjacent to an activating group) is 1. The Labute approximate surface area is 95.5 Å². The fourth-order valence-electron chi connectivity index (χ4n) is 1.77. The largest absolute Gasteiger partial charge is 0.409 e. The molecule has 1 aliphatic rings. The molecule has 16 heavy (non-hydrogen) atoms. The number of hydrogen-bond acceptors (Lipinski definition) is 4. The summed E-state index contributed by atoms with van der Waals surface area (Å²) in [7, 11) is 1.82. The summed E-state index contributed by atoms with van der Waals surface area (Å²) in [6, 6.07) is -0.0196. The standard InChI is InChI=1S/C10H20N4O2/c1-14-7-5-8(10(14)15)12-6-3-2-4-9(11)13-16/h8,12,16H,2-7H2,1H3,(H2,11,13). The van der Waals surface area contributed by atoms with Crippen molar-refractivity contribution in [3.8, 4) is 0 Å². The van der Waals surface area contributed by atoms with Crippen molar-refractivity contribution in [3.63, 3.8) is 0 Å². The van der Waals surface area contributed by atoms with Crippen molar-refractivity contribution in [2.24, 2.45) is 10.9 Å². The highest BCUT2D eigenvalue weighted by Gasteiger charge is 2.27. The number of carbonyl (C=O) groups excluding carboxylic acids is 1. The van der Waals surface area contributed by atoms with Crippen LogP contribution >= 0.6 is 0 Å². The van der Waals surface area contributed by atoms with Gasteiger partial charge in [0.15, 0.2) is 0 Å². The molecule has 92 valence electrons. The summed E-state index contributed by atoms with van der Waals surface area (Å²) in [6.45, 7) is 1.63. The van der Waals surface area contributed by atoms with Crippen molar-refractivity contribution in [1.82, 2.24) is 10.2 Å². The first kappa shape index (κ1) is 12.8. The Morgan fingerprint density at radius 1 is 1.69 bits per heavy atom. The van der Waals surface area contributed by atoms with Crippen LogP contribution in [0.4, 0.5) is 0 Å². The molecule has 1 fully saturated rings.